The van der Waals surface area contributed by atoms with Crippen LogP contribution >= 0.6 is 11.8 Å². The van der Waals surface area contributed by atoms with Crippen molar-refractivity contribution in [2.24, 2.45) is 4.99 Å². The zero-order valence-corrected chi connectivity index (χ0v) is 6.15. The van der Waals surface area contributed by atoms with Crippen molar-refractivity contribution in [3.8, 4) is 0 Å². The van der Waals surface area contributed by atoms with E-state index in [-0.39, 0.29) is 5.08 Å². The Morgan fingerprint density at radius 2 is 2.33 bits per heavy atom. The fourth-order valence-electron chi connectivity index (χ4n) is 0.371. The zero-order chi connectivity index (χ0) is 6.74. The average Bonchev–Trinajstić information content (AvgIpc) is 1.92. The summed E-state index contributed by atoms with van der Waals surface area (Å²) in [6, 6.07) is 0. The molecule has 0 radical (unpaired) electrons. The number of thioether (sulfide) groups is 1. The van der Waals surface area contributed by atoms with Crippen molar-refractivity contribution in [3.63, 3.8) is 0 Å². The molecule has 0 N–H and O–H groups in total. The number of aliphatic imine (C=N–C) groups is 1. The van der Waals surface area contributed by atoms with Crippen LogP contribution in [0, 0.1) is 0 Å². The monoisotopic (exact) mass is 163 g/mol. The maximum Gasteiger partial charge on any atom is 0.198 e. The summed E-state index contributed by atoms with van der Waals surface area (Å²) in [5.41, 5.74) is 0.976. The fraction of sp³-hybridized carbons (Fsp3) is 0.250. The summed E-state index contributed by atoms with van der Waals surface area (Å²) in [5.74, 6) is 0. The summed E-state index contributed by atoms with van der Waals surface area (Å²) >= 11 is 1.23. The highest BCUT2D eigenvalue weighted by Gasteiger charge is 2.06. The molecule has 0 aromatic carbocycles. The topological polar surface area (TPSA) is 46.5 Å². The molecule has 5 heteroatoms. The van der Waals surface area contributed by atoms with Crippen molar-refractivity contribution in [1.29, 1.82) is 0 Å². The molecule has 0 fully saturated rings. The molecule has 50 valence electrons. The predicted molar refractivity (Wildman–Crippen MR) is 39.0 cm³/mol. The molecule has 0 saturated carbocycles. The lowest BCUT2D eigenvalue weighted by Gasteiger charge is -1.87. The highest BCUT2D eigenvalue weighted by Crippen LogP contribution is 2.08. The summed E-state index contributed by atoms with van der Waals surface area (Å²) < 4.78 is 21.3. The second-order valence-electron chi connectivity index (χ2n) is 1.49. The molecule has 0 aromatic heterocycles. The molecule has 0 saturated heterocycles. The van der Waals surface area contributed by atoms with E-state index in [1.807, 2.05) is 0 Å². The van der Waals surface area contributed by atoms with Crippen LogP contribution in [-0.2, 0) is 9.84 Å². The maximum absolute atomic E-state index is 10.7. The van der Waals surface area contributed by atoms with Gasteiger partial charge in [0.25, 0.3) is 0 Å². The van der Waals surface area contributed by atoms with Gasteiger partial charge in [-0.05, 0) is 5.41 Å². The second-order valence-corrected chi connectivity index (χ2v) is 4.57. The Labute approximate surface area is 57.8 Å². The van der Waals surface area contributed by atoms with Gasteiger partial charge in [0.05, 0.1) is 0 Å². The molecule has 0 unspecified atom stereocenters. The van der Waals surface area contributed by atoms with Gasteiger partial charge in [-0.15, -0.1) is 11.8 Å². The van der Waals surface area contributed by atoms with Crippen LogP contribution in [0.15, 0.2) is 16.6 Å². The van der Waals surface area contributed by atoms with Crippen molar-refractivity contribution < 1.29 is 8.42 Å². The first-order valence-corrected chi connectivity index (χ1v) is 5.00. The highest BCUT2D eigenvalue weighted by atomic mass is 32.3. The first-order valence-electron chi connectivity index (χ1n) is 2.23. The van der Waals surface area contributed by atoms with Gasteiger partial charge in [-0.25, -0.2) is 8.42 Å². The van der Waals surface area contributed by atoms with Gasteiger partial charge < -0.3 is 0 Å². The normalized spacial score (nSPS) is 23.6. The third-order valence-corrected chi connectivity index (χ3v) is 3.31. The molecule has 1 aliphatic heterocycles. The van der Waals surface area contributed by atoms with Crippen LogP contribution in [0.4, 0.5) is 0 Å². The van der Waals surface area contributed by atoms with Crippen molar-refractivity contribution in [2.75, 3.05) is 5.08 Å². The minimum atomic E-state index is -3.01. The van der Waals surface area contributed by atoms with Crippen molar-refractivity contribution in [3.05, 3.63) is 11.6 Å². The molecule has 1 aliphatic rings. The lowest BCUT2D eigenvalue weighted by atomic mass is 11.0. The number of rotatable bonds is 0. The molecule has 0 bridgehead atoms. The Kier molecular flexibility index (Phi) is 1.92. The average molecular weight is 163 g/mol. The Hall–Kier alpha value is -0.290. The number of nitrogens with zero attached hydrogens (tertiary/aromatic N) is 1. The van der Waals surface area contributed by atoms with Gasteiger partial charge in [0, 0.05) is 6.20 Å². The minimum absolute atomic E-state index is 0.104. The molecule has 0 amide bonds. The van der Waals surface area contributed by atoms with Crippen molar-refractivity contribution in [2.45, 2.75) is 0 Å². The lowest BCUT2D eigenvalue weighted by molar-refractivity contribution is 0.612. The molecule has 0 atom stereocenters. The van der Waals surface area contributed by atoms with E-state index in [4.69, 9.17) is 0 Å². The smallest absolute Gasteiger partial charge is 0.198 e. The summed E-state index contributed by atoms with van der Waals surface area (Å²) in [5, 5.41) is 1.76. The van der Waals surface area contributed by atoms with Crippen LogP contribution in [0.1, 0.15) is 0 Å². The molecule has 9 heavy (non-hydrogen) atoms. The van der Waals surface area contributed by atoms with Gasteiger partial charge in [0.15, 0.2) is 9.84 Å². The Morgan fingerprint density at radius 1 is 1.56 bits per heavy atom. The van der Waals surface area contributed by atoms with Gasteiger partial charge in [0.1, 0.15) is 10.6 Å². The van der Waals surface area contributed by atoms with E-state index in [2.05, 4.69) is 4.99 Å². The molecule has 1 heterocycles. The maximum atomic E-state index is 10.7. The van der Waals surface area contributed by atoms with Crippen LogP contribution in [0.2, 0.25) is 0 Å². The quantitative estimate of drug-likeness (QED) is 0.525. The highest BCUT2D eigenvalue weighted by molar-refractivity contribution is 8.19. The standard InChI is InChI=1S/C4H5NO2S2/c6-9(7)3-5-1-2-8-4-9/h1-3H,4H2. The molecule has 3 nitrogen and oxygen atoms in total. The molecular formula is C4H5NO2S2. The first kappa shape index (κ1) is 6.82. The number of hydrogen-bond acceptors (Lipinski definition) is 4. The van der Waals surface area contributed by atoms with Gasteiger partial charge in [-0.1, -0.05) is 0 Å². The first-order chi connectivity index (χ1) is 4.21. The van der Waals surface area contributed by atoms with E-state index in [0.717, 1.165) is 5.55 Å². The summed E-state index contributed by atoms with van der Waals surface area (Å²) in [4.78, 5) is 3.51. The molecule has 0 aromatic rings. The van der Waals surface area contributed by atoms with E-state index >= 15 is 0 Å². The zero-order valence-electron chi connectivity index (χ0n) is 4.52. The largest absolute Gasteiger partial charge is 0.252 e. The lowest BCUT2D eigenvalue weighted by Crippen LogP contribution is -2.01. The predicted octanol–water partition coefficient (Wildman–Crippen LogP) is 0.605. The van der Waals surface area contributed by atoms with E-state index in [9.17, 15) is 8.42 Å². The number of hydrogen-bond donors (Lipinski definition) is 0. The SMILES string of the molecule is O=S1(=O)C=NC=CSC1. The Balaban J connectivity index is 2.87. The van der Waals surface area contributed by atoms with Gasteiger partial charge >= 0.3 is 0 Å². The van der Waals surface area contributed by atoms with Gasteiger partial charge in [-0.2, -0.15) is 0 Å². The molecule has 0 aliphatic carbocycles. The summed E-state index contributed by atoms with van der Waals surface area (Å²) in [7, 11) is -3.01. The van der Waals surface area contributed by atoms with Crippen LogP contribution < -0.4 is 0 Å². The molecule has 0 spiro atoms. The minimum Gasteiger partial charge on any atom is -0.252 e. The van der Waals surface area contributed by atoms with Crippen molar-refractivity contribution >= 4 is 27.1 Å². The summed E-state index contributed by atoms with van der Waals surface area (Å²) in [6.07, 6.45) is 1.47. The van der Waals surface area contributed by atoms with E-state index in [1.54, 1.807) is 5.41 Å². The van der Waals surface area contributed by atoms with Gasteiger partial charge in [-0.3, -0.25) is 4.99 Å². The van der Waals surface area contributed by atoms with E-state index in [1.165, 1.54) is 18.0 Å². The Morgan fingerprint density at radius 3 is 3.11 bits per heavy atom. The number of sulfone groups is 1. The Bertz CT molecular complexity index is 239. The van der Waals surface area contributed by atoms with Crippen LogP contribution in [0.5, 0.6) is 0 Å². The van der Waals surface area contributed by atoms with Crippen LogP contribution in [-0.4, -0.2) is 19.0 Å². The van der Waals surface area contributed by atoms with Crippen LogP contribution in [0.3, 0.4) is 0 Å². The van der Waals surface area contributed by atoms with Gasteiger partial charge in [0.2, 0.25) is 0 Å². The second kappa shape index (κ2) is 2.53. The third-order valence-electron chi connectivity index (χ3n) is 0.697. The van der Waals surface area contributed by atoms with E-state index < -0.39 is 9.84 Å². The van der Waals surface area contributed by atoms with Crippen LogP contribution in [0.25, 0.3) is 0 Å². The molecule has 1 rings (SSSR count). The van der Waals surface area contributed by atoms with Crippen molar-refractivity contribution in [1.82, 2.24) is 0 Å². The third kappa shape index (κ3) is 2.19. The molecular weight excluding hydrogens is 158 g/mol. The fourth-order valence-corrected chi connectivity index (χ4v) is 2.10. The summed E-state index contributed by atoms with van der Waals surface area (Å²) in [6.45, 7) is 0. The van der Waals surface area contributed by atoms with E-state index in [0.29, 0.717) is 0 Å².